The third kappa shape index (κ3) is 6.90. The Morgan fingerprint density at radius 3 is 2.34 bits per heavy atom. The highest BCUT2D eigenvalue weighted by molar-refractivity contribution is 6.35. The van der Waals surface area contributed by atoms with Crippen molar-refractivity contribution in [2.75, 3.05) is 6.54 Å². The fourth-order valence-electron chi connectivity index (χ4n) is 3.91. The monoisotopic (exact) mass is 562 g/mol. The maximum atomic E-state index is 13.1. The van der Waals surface area contributed by atoms with Gasteiger partial charge < -0.3 is 5.32 Å². The molecule has 1 aliphatic heterocycles. The Kier molecular flexibility index (Phi) is 8.38. The van der Waals surface area contributed by atoms with Gasteiger partial charge in [-0.1, -0.05) is 41.4 Å². The number of carbonyl (C=O) groups excluding carboxylic acids is 2. The van der Waals surface area contributed by atoms with Gasteiger partial charge in [0.05, 0.1) is 17.9 Å². The number of aliphatic imine (C=N–C) groups is 1. The van der Waals surface area contributed by atoms with E-state index in [4.69, 9.17) is 23.2 Å². The number of hydrogen-bond donors (Lipinski definition) is 1. The molecular weight excluding hydrogens is 540 g/mol. The lowest BCUT2D eigenvalue weighted by atomic mass is 10.0. The molecule has 1 aliphatic rings. The lowest BCUT2D eigenvalue weighted by molar-refractivity contribution is -0.146. The molecule has 1 aromatic heterocycles. The number of nitrogens with one attached hydrogen (secondary N) is 1. The molecule has 0 bridgehead atoms. The summed E-state index contributed by atoms with van der Waals surface area (Å²) in [6.45, 7) is 2.00. The van der Waals surface area contributed by atoms with Gasteiger partial charge in [-0.3, -0.25) is 19.3 Å². The number of halogens is 5. The van der Waals surface area contributed by atoms with Crippen LogP contribution < -0.4 is 5.32 Å². The SMILES string of the molecule is CC(=O)CCNC(=O)c1ccc(Cn2nc(-c3cc(Cl)cc(Cl)c3)cc2C2=CCC(C(F)(F)F)N=C2)cc1. The maximum Gasteiger partial charge on any atom is 0.411 e. The van der Waals surface area contributed by atoms with Gasteiger partial charge in [0.15, 0.2) is 0 Å². The molecule has 38 heavy (non-hydrogen) atoms. The zero-order valence-corrected chi connectivity index (χ0v) is 21.7. The number of aromatic nitrogens is 2. The zero-order chi connectivity index (χ0) is 27.4. The fraction of sp³-hybridized carbons (Fsp3) is 0.259. The summed E-state index contributed by atoms with van der Waals surface area (Å²) in [5.41, 5.74) is 3.53. The molecule has 1 unspecified atom stereocenters. The number of allylic oxidation sites excluding steroid dienone is 1. The molecule has 0 aliphatic carbocycles. The lowest BCUT2D eigenvalue weighted by Gasteiger charge is -2.19. The second-order valence-electron chi connectivity index (χ2n) is 8.87. The van der Waals surface area contributed by atoms with Gasteiger partial charge in [0, 0.05) is 45.9 Å². The number of alkyl halides is 3. The molecule has 0 saturated carbocycles. The Bertz CT molecular complexity index is 1390. The van der Waals surface area contributed by atoms with Gasteiger partial charge in [0.1, 0.15) is 11.8 Å². The average molecular weight is 563 g/mol. The zero-order valence-electron chi connectivity index (χ0n) is 20.2. The predicted octanol–water partition coefficient (Wildman–Crippen LogP) is 6.40. The lowest BCUT2D eigenvalue weighted by Crippen LogP contribution is -2.28. The molecule has 1 N–H and O–H groups in total. The van der Waals surface area contributed by atoms with E-state index in [-0.39, 0.29) is 37.6 Å². The number of ketones is 1. The summed E-state index contributed by atoms with van der Waals surface area (Å²) < 4.78 is 41.0. The molecule has 198 valence electrons. The van der Waals surface area contributed by atoms with Gasteiger partial charge in [0.25, 0.3) is 5.91 Å². The average Bonchev–Trinajstić information content (AvgIpc) is 3.27. The molecule has 4 rings (SSSR count). The summed E-state index contributed by atoms with van der Waals surface area (Å²) in [5, 5.41) is 8.22. The second-order valence-corrected chi connectivity index (χ2v) is 9.74. The number of rotatable bonds is 8. The first-order valence-corrected chi connectivity index (χ1v) is 12.5. The van der Waals surface area contributed by atoms with Gasteiger partial charge in [-0.25, -0.2) is 0 Å². The molecule has 11 heteroatoms. The van der Waals surface area contributed by atoms with Crippen LogP contribution in [0.15, 0.2) is 59.6 Å². The summed E-state index contributed by atoms with van der Waals surface area (Å²) in [6.07, 6.45) is -1.71. The molecule has 2 aromatic carbocycles. The Hall–Kier alpha value is -3.43. The second kappa shape index (κ2) is 11.5. The minimum Gasteiger partial charge on any atom is -0.352 e. The topological polar surface area (TPSA) is 76.3 Å². The van der Waals surface area contributed by atoms with E-state index in [9.17, 15) is 22.8 Å². The standard InChI is InChI=1S/C27H23Cl2F3N4O2/c1-16(37)8-9-33-26(38)18-4-2-17(3-5-18)15-36-24(19-6-7-25(34-14-19)27(30,31)32)13-23(35-36)20-10-21(28)12-22(29)11-20/h2-6,10-14,25H,7-9,15H2,1H3,(H,33,38). The first-order chi connectivity index (χ1) is 18.0. The normalized spacial score (nSPS) is 15.3. The number of hydrogen-bond acceptors (Lipinski definition) is 4. The maximum absolute atomic E-state index is 13.1. The van der Waals surface area contributed by atoms with Crippen molar-refractivity contribution < 1.29 is 22.8 Å². The van der Waals surface area contributed by atoms with Crippen LogP contribution in [0, 0.1) is 0 Å². The summed E-state index contributed by atoms with van der Waals surface area (Å²) in [6, 6.07) is 11.8. The smallest absolute Gasteiger partial charge is 0.352 e. The van der Waals surface area contributed by atoms with E-state index < -0.39 is 12.2 Å². The number of dihydropyridines is 1. The van der Waals surface area contributed by atoms with E-state index in [0.29, 0.717) is 38.1 Å². The van der Waals surface area contributed by atoms with Crippen molar-refractivity contribution in [3.63, 3.8) is 0 Å². The van der Waals surface area contributed by atoms with E-state index in [1.165, 1.54) is 19.2 Å². The third-order valence-corrected chi connectivity index (χ3v) is 6.31. The van der Waals surface area contributed by atoms with Crippen LogP contribution in [0.25, 0.3) is 16.8 Å². The molecule has 1 atom stereocenters. The third-order valence-electron chi connectivity index (χ3n) is 5.88. The van der Waals surface area contributed by atoms with Crippen LogP contribution in [0.5, 0.6) is 0 Å². The van der Waals surface area contributed by atoms with E-state index in [1.807, 2.05) is 0 Å². The Balaban J connectivity index is 1.61. The number of amides is 1. The summed E-state index contributed by atoms with van der Waals surface area (Å²) in [4.78, 5) is 27.1. The predicted molar refractivity (Wildman–Crippen MR) is 142 cm³/mol. The number of nitrogens with zero attached hydrogens (tertiary/aromatic N) is 3. The number of benzene rings is 2. The van der Waals surface area contributed by atoms with Gasteiger partial charge in [0.2, 0.25) is 0 Å². The van der Waals surface area contributed by atoms with Crippen LogP contribution >= 0.6 is 23.2 Å². The summed E-state index contributed by atoms with van der Waals surface area (Å²) in [5.74, 6) is -0.303. The Morgan fingerprint density at radius 1 is 1.08 bits per heavy atom. The minimum atomic E-state index is -4.42. The highest BCUT2D eigenvalue weighted by Crippen LogP contribution is 2.32. The fourth-order valence-corrected chi connectivity index (χ4v) is 4.44. The Labute approximate surface area is 227 Å². The summed E-state index contributed by atoms with van der Waals surface area (Å²) in [7, 11) is 0. The van der Waals surface area contributed by atoms with Crippen molar-refractivity contribution in [3.8, 4) is 11.3 Å². The van der Waals surface area contributed by atoms with Crippen LogP contribution in [0.4, 0.5) is 13.2 Å². The summed E-state index contributed by atoms with van der Waals surface area (Å²) >= 11 is 12.3. The molecule has 0 radical (unpaired) electrons. The molecule has 2 heterocycles. The number of carbonyl (C=O) groups is 2. The van der Waals surface area contributed by atoms with Gasteiger partial charge >= 0.3 is 6.18 Å². The van der Waals surface area contributed by atoms with Crippen molar-refractivity contribution in [1.29, 1.82) is 0 Å². The molecule has 0 fully saturated rings. The molecular formula is C27H23Cl2F3N4O2. The van der Waals surface area contributed by atoms with Crippen LogP contribution in [-0.4, -0.2) is 46.4 Å². The highest BCUT2D eigenvalue weighted by Gasteiger charge is 2.39. The van der Waals surface area contributed by atoms with Gasteiger partial charge in [-0.2, -0.15) is 18.3 Å². The van der Waals surface area contributed by atoms with E-state index in [1.54, 1.807) is 53.2 Å². The molecule has 0 saturated heterocycles. The van der Waals surface area contributed by atoms with Gasteiger partial charge in [-0.05, 0) is 55.3 Å². The first kappa shape index (κ1) is 27.6. The van der Waals surface area contributed by atoms with Crippen LogP contribution in [0.1, 0.15) is 41.4 Å². The first-order valence-electron chi connectivity index (χ1n) is 11.7. The van der Waals surface area contributed by atoms with Crippen molar-refractivity contribution in [3.05, 3.63) is 81.5 Å². The van der Waals surface area contributed by atoms with Gasteiger partial charge in [-0.15, -0.1) is 0 Å². The van der Waals surface area contributed by atoms with Crippen molar-refractivity contribution in [2.45, 2.75) is 38.5 Å². The van der Waals surface area contributed by atoms with Crippen LogP contribution in [0.3, 0.4) is 0 Å². The minimum absolute atomic E-state index is 0.0119. The molecule has 3 aromatic rings. The quantitative estimate of drug-likeness (QED) is 0.345. The number of Topliss-reactive ketones (excluding diaryl/α,β-unsaturated/α-hetero) is 1. The van der Waals surface area contributed by atoms with E-state index in [0.717, 1.165) is 5.56 Å². The van der Waals surface area contributed by atoms with Crippen LogP contribution in [-0.2, 0) is 11.3 Å². The Morgan fingerprint density at radius 2 is 1.76 bits per heavy atom. The van der Waals surface area contributed by atoms with Crippen LogP contribution in [0.2, 0.25) is 10.0 Å². The molecule has 6 nitrogen and oxygen atoms in total. The molecule has 1 amide bonds. The van der Waals surface area contributed by atoms with Crippen molar-refractivity contribution in [1.82, 2.24) is 15.1 Å². The van der Waals surface area contributed by atoms with E-state index >= 15 is 0 Å². The molecule has 0 spiro atoms. The van der Waals surface area contributed by atoms with Crippen molar-refractivity contribution in [2.24, 2.45) is 4.99 Å². The largest absolute Gasteiger partial charge is 0.411 e. The van der Waals surface area contributed by atoms with E-state index in [2.05, 4.69) is 15.4 Å². The highest BCUT2D eigenvalue weighted by atomic mass is 35.5. The van der Waals surface area contributed by atoms with Crippen molar-refractivity contribution >= 4 is 46.7 Å².